The van der Waals surface area contributed by atoms with Crippen LogP contribution < -0.4 is 10.5 Å². The summed E-state index contributed by atoms with van der Waals surface area (Å²) in [5, 5.41) is 0. The SMILES string of the molecule is COC(=O)c1cccc(OC2CCN(C(=O)OC(C)(C)C)CC2)c1N. The molecule has 1 heterocycles. The van der Waals surface area contributed by atoms with Gasteiger partial charge in [-0.15, -0.1) is 0 Å². The minimum Gasteiger partial charge on any atom is -0.488 e. The Bertz CT molecular complexity index is 631. The van der Waals surface area contributed by atoms with Gasteiger partial charge in [0.1, 0.15) is 17.5 Å². The number of carbonyl (C=O) groups is 2. The van der Waals surface area contributed by atoms with E-state index < -0.39 is 11.6 Å². The molecule has 1 saturated heterocycles. The van der Waals surface area contributed by atoms with E-state index >= 15 is 0 Å². The summed E-state index contributed by atoms with van der Waals surface area (Å²) in [6.45, 7) is 6.64. The van der Waals surface area contributed by atoms with Crippen LogP contribution in [-0.2, 0) is 9.47 Å². The molecular weight excluding hydrogens is 324 g/mol. The largest absolute Gasteiger partial charge is 0.488 e. The molecule has 0 aromatic heterocycles. The monoisotopic (exact) mass is 350 g/mol. The maximum Gasteiger partial charge on any atom is 0.410 e. The highest BCUT2D eigenvalue weighted by molar-refractivity contribution is 5.96. The van der Waals surface area contributed by atoms with Crippen molar-refractivity contribution in [1.82, 2.24) is 4.90 Å². The van der Waals surface area contributed by atoms with E-state index in [9.17, 15) is 9.59 Å². The number of amides is 1. The van der Waals surface area contributed by atoms with Crippen molar-refractivity contribution in [3.05, 3.63) is 23.8 Å². The zero-order chi connectivity index (χ0) is 18.6. The number of rotatable bonds is 3. The van der Waals surface area contributed by atoms with Crippen LogP contribution in [0.4, 0.5) is 10.5 Å². The van der Waals surface area contributed by atoms with Crippen molar-refractivity contribution in [3.8, 4) is 5.75 Å². The Hall–Kier alpha value is -2.44. The second-order valence-corrected chi connectivity index (χ2v) is 6.99. The Kier molecular flexibility index (Phi) is 5.77. The van der Waals surface area contributed by atoms with Crippen LogP contribution in [0, 0.1) is 0 Å². The van der Waals surface area contributed by atoms with Gasteiger partial charge < -0.3 is 24.8 Å². The lowest BCUT2D eigenvalue weighted by Crippen LogP contribution is -2.44. The van der Waals surface area contributed by atoms with Gasteiger partial charge in [0, 0.05) is 25.9 Å². The lowest BCUT2D eigenvalue weighted by Gasteiger charge is -2.33. The summed E-state index contributed by atoms with van der Waals surface area (Å²) in [5.41, 5.74) is 6.06. The molecule has 0 unspecified atom stereocenters. The number of methoxy groups -OCH3 is 1. The Morgan fingerprint density at radius 1 is 1.20 bits per heavy atom. The lowest BCUT2D eigenvalue weighted by atomic mass is 10.1. The van der Waals surface area contributed by atoms with Gasteiger partial charge >= 0.3 is 12.1 Å². The smallest absolute Gasteiger partial charge is 0.410 e. The van der Waals surface area contributed by atoms with Crippen LogP contribution in [0.15, 0.2) is 18.2 Å². The molecule has 0 aliphatic carbocycles. The summed E-state index contributed by atoms with van der Waals surface area (Å²) >= 11 is 0. The number of benzene rings is 1. The molecule has 2 N–H and O–H groups in total. The van der Waals surface area contributed by atoms with E-state index in [1.165, 1.54) is 7.11 Å². The number of para-hydroxylation sites is 1. The minimum absolute atomic E-state index is 0.0751. The molecular formula is C18H26N2O5. The standard InChI is InChI=1S/C18H26N2O5/c1-18(2,3)25-17(22)20-10-8-12(9-11-20)24-14-7-5-6-13(15(14)19)16(21)23-4/h5-7,12H,8-11,19H2,1-4H3. The molecule has 1 fully saturated rings. The van der Waals surface area contributed by atoms with Crippen LogP contribution in [0.2, 0.25) is 0 Å². The second-order valence-electron chi connectivity index (χ2n) is 6.99. The lowest BCUT2D eigenvalue weighted by molar-refractivity contribution is 0.0126. The van der Waals surface area contributed by atoms with Crippen LogP contribution in [-0.4, -0.2) is 48.9 Å². The maximum atomic E-state index is 12.1. The Morgan fingerprint density at radius 2 is 1.84 bits per heavy atom. The Balaban J connectivity index is 1.94. The van der Waals surface area contributed by atoms with Crippen LogP contribution in [0.1, 0.15) is 44.0 Å². The molecule has 7 heteroatoms. The fraction of sp³-hybridized carbons (Fsp3) is 0.556. The highest BCUT2D eigenvalue weighted by Gasteiger charge is 2.28. The van der Waals surface area contributed by atoms with E-state index in [0.29, 0.717) is 31.7 Å². The predicted octanol–water partition coefficient (Wildman–Crippen LogP) is 2.83. The van der Waals surface area contributed by atoms with Crippen molar-refractivity contribution in [3.63, 3.8) is 0 Å². The van der Waals surface area contributed by atoms with Crippen molar-refractivity contribution in [1.29, 1.82) is 0 Å². The van der Waals surface area contributed by atoms with Crippen molar-refractivity contribution in [2.45, 2.75) is 45.3 Å². The number of nitrogen functional groups attached to an aromatic ring is 1. The molecule has 1 amide bonds. The third-order valence-electron chi connectivity index (χ3n) is 3.86. The number of hydrogen-bond donors (Lipinski definition) is 1. The summed E-state index contributed by atoms with van der Waals surface area (Å²) in [6, 6.07) is 5.02. The van der Waals surface area contributed by atoms with Gasteiger partial charge in [-0.3, -0.25) is 0 Å². The van der Waals surface area contributed by atoms with Gasteiger partial charge in [-0.1, -0.05) is 6.07 Å². The van der Waals surface area contributed by atoms with Gasteiger partial charge in [0.05, 0.1) is 18.4 Å². The van der Waals surface area contributed by atoms with E-state index in [0.717, 1.165) is 0 Å². The van der Waals surface area contributed by atoms with Gasteiger partial charge in [-0.25, -0.2) is 9.59 Å². The average molecular weight is 350 g/mol. The Morgan fingerprint density at radius 3 is 2.40 bits per heavy atom. The van der Waals surface area contributed by atoms with E-state index in [1.54, 1.807) is 23.1 Å². The van der Waals surface area contributed by atoms with Crippen molar-refractivity contribution in [2.75, 3.05) is 25.9 Å². The number of esters is 1. The van der Waals surface area contributed by atoms with Crippen LogP contribution >= 0.6 is 0 Å². The number of anilines is 1. The second kappa shape index (κ2) is 7.63. The molecule has 0 bridgehead atoms. The maximum absolute atomic E-state index is 12.1. The highest BCUT2D eigenvalue weighted by atomic mass is 16.6. The molecule has 0 radical (unpaired) electrons. The van der Waals surface area contributed by atoms with Crippen molar-refractivity contribution >= 4 is 17.7 Å². The fourth-order valence-corrected chi connectivity index (χ4v) is 2.60. The third-order valence-corrected chi connectivity index (χ3v) is 3.86. The summed E-state index contributed by atoms with van der Waals surface area (Å²) in [6.07, 6.45) is 0.953. The topological polar surface area (TPSA) is 91.1 Å². The first-order chi connectivity index (χ1) is 11.7. The summed E-state index contributed by atoms with van der Waals surface area (Å²) in [4.78, 5) is 25.5. The first-order valence-corrected chi connectivity index (χ1v) is 8.32. The van der Waals surface area contributed by atoms with E-state index in [1.807, 2.05) is 20.8 Å². The number of nitrogens with two attached hydrogens (primary N) is 1. The average Bonchev–Trinajstić information content (AvgIpc) is 2.55. The fourth-order valence-electron chi connectivity index (χ4n) is 2.60. The molecule has 1 aliphatic heterocycles. The van der Waals surface area contributed by atoms with E-state index in [4.69, 9.17) is 19.9 Å². The molecule has 7 nitrogen and oxygen atoms in total. The predicted molar refractivity (Wildman–Crippen MR) is 93.7 cm³/mol. The van der Waals surface area contributed by atoms with Crippen LogP contribution in [0.25, 0.3) is 0 Å². The first kappa shape index (κ1) is 18.9. The van der Waals surface area contributed by atoms with Gasteiger partial charge in [0.2, 0.25) is 0 Å². The molecule has 25 heavy (non-hydrogen) atoms. The number of carbonyl (C=O) groups excluding carboxylic acids is 2. The normalized spacial score (nSPS) is 15.6. The summed E-state index contributed by atoms with van der Waals surface area (Å²) < 4.78 is 16.0. The van der Waals surface area contributed by atoms with Gasteiger partial charge in [0.15, 0.2) is 0 Å². The van der Waals surface area contributed by atoms with Crippen molar-refractivity contribution in [2.24, 2.45) is 0 Å². The number of ether oxygens (including phenoxy) is 3. The molecule has 1 aromatic carbocycles. The molecule has 0 spiro atoms. The number of nitrogens with zero attached hydrogens (tertiary/aromatic N) is 1. The number of hydrogen-bond acceptors (Lipinski definition) is 6. The number of likely N-dealkylation sites (tertiary alicyclic amines) is 1. The first-order valence-electron chi connectivity index (χ1n) is 8.32. The minimum atomic E-state index is -0.507. The molecule has 138 valence electrons. The van der Waals surface area contributed by atoms with Gasteiger partial charge in [-0.2, -0.15) is 0 Å². The van der Waals surface area contributed by atoms with Crippen LogP contribution in [0.5, 0.6) is 5.75 Å². The highest BCUT2D eigenvalue weighted by Crippen LogP contribution is 2.29. The quantitative estimate of drug-likeness (QED) is 0.666. The molecule has 0 saturated carbocycles. The van der Waals surface area contributed by atoms with E-state index in [-0.39, 0.29) is 23.4 Å². The van der Waals surface area contributed by atoms with Crippen molar-refractivity contribution < 1.29 is 23.8 Å². The molecule has 2 rings (SSSR count). The zero-order valence-corrected chi connectivity index (χ0v) is 15.2. The zero-order valence-electron chi connectivity index (χ0n) is 15.2. The van der Waals surface area contributed by atoms with Gasteiger partial charge in [0.25, 0.3) is 0 Å². The third kappa shape index (κ3) is 5.01. The van der Waals surface area contributed by atoms with E-state index in [2.05, 4.69) is 0 Å². The van der Waals surface area contributed by atoms with Crippen LogP contribution in [0.3, 0.4) is 0 Å². The summed E-state index contributed by atoms with van der Waals surface area (Å²) in [7, 11) is 1.31. The molecule has 0 atom stereocenters. The summed E-state index contributed by atoms with van der Waals surface area (Å²) in [5.74, 6) is -0.0405. The van der Waals surface area contributed by atoms with Gasteiger partial charge in [-0.05, 0) is 32.9 Å². The number of piperidine rings is 1. The molecule has 1 aromatic rings. The molecule has 1 aliphatic rings. The Labute approximate surface area is 148 Å².